The van der Waals surface area contributed by atoms with Crippen molar-refractivity contribution in [3.8, 4) is 0 Å². The SMILES string of the molecule is Cc1ccc(C(=O)NCC2CCCC(N)C2)c(C)n1.Cl.Cl. The lowest BCUT2D eigenvalue weighted by molar-refractivity contribution is 0.0941. The molecule has 4 nitrogen and oxygen atoms in total. The maximum absolute atomic E-state index is 12.1. The maximum atomic E-state index is 12.1. The molecule has 1 heterocycles. The van der Waals surface area contributed by atoms with Crippen molar-refractivity contribution >= 4 is 30.7 Å². The Morgan fingerprint density at radius 1 is 1.33 bits per heavy atom. The number of aromatic nitrogens is 1. The van der Waals surface area contributed by atoms with Crippen LogP contribution in [-0.4, -0.2) is 23.5 Å². The average molecular weight is 334 g/mol. The van der Waals surface area contributed by atoms with E-state index < -0.39 is 0 Å². The van der Waals surface area contributed by atoms with Gasteiger partial charge in [-0.1, -0.05) is 6.42 Å². The summed E-state index contributed by atoms with van der Waals surface area (Å²) in [6, 6.07) is 4.02. The first-order valence-electron chi connectivity index (χ1n) is 7.04. The zero-order valence-electron chi connectivity index (χ0n) is 12.6. The molecule has 0 bridgehead atoms. The van der Waals surface area contributed by atoms with E-state index in [1.54, 1.807) is 0 Å². The highest BCUT2D eigenvalue weighted by atomic mass is 35.5. The van der Waals surface area contributed by atoms with Crippen molar-refractivity contribution in [2.24, 2.45) is 11.7 Å². The Hall–Kier alpha value is -0.840. The molecule has 0 spiro atoms. The highest BCUT2D eigenvalue weighted by Crippen LogP contribution is 2.22. The zero-order valence-corrected chi connectivity index (χ0v) is 14.2. The minimum atomic E-state index is -0.0239. The molecule has 6 heteroatoms. The topological polar surface area (TPSA) is 68.0 Å². The number of hydrogen-bond acceptors (Lipinski definition) is 3. The van der Waals surface area contributed by atoms with Crippen molar-refractivity contribution in [1.82, 2.24) is 10.3 Å². The molecule has 2 rings (SSSR count). The van der Waals surface area contributed by atoms with Crippen LogP contribution >= 0.6 is 24.8 Å². The van der Waals surface area contributed by atoms with Gasteiger partial charge >= 0.3 is 0 Å². The highest BCUT2D eigenvalue weighted by molar-refractivity contribution is 5.95. The lowest BCUT2D eigenvalue weighted by Gasteiger charge is -2.26. The minimum absolute atomic E-state index is 0. The third-order valence-corrected chi connectivity index (χ3v) is 3.84. The number of nitrogens with two attached hydrogens (primary N) is 1. The van der Waals surface area contributed by atoms with Gasteiger partial charge in [-0.2, -0.15) is 0 Å². The van der Waals surface area contributed by atoms with Crippen molar-refractivity contribution < 1.29 is 4.79 Å². The van der Waals surface area contributed by atoms with Crippen LogP contribution < -0.4 is 11.1 Å². The van der Waals surface area contributed by atoms with Crippen molar-refractivity contribution in [2.75, 3.05) is 6.54 Å². The van der Waals surface area contributed by atoms with E-state index in [2.05, 4.69) is 10.3 Å². The van der Waals surface area contributed by atoms with Gasteiger partial charge in [0.05, 0.1) is 11.3 Å². The van der Waals surface area contributed by atoms with Gasteiger partial charge in [0.25, 0.3) is 5.91 Å². The van der Waals surface area contributed by atoms with Crippen LogP contribution in [0.4, 0.5) is 0 Å². The summed E-state index contributed by atoms with van der Waals surface area (Å²) in [5, 5.41) is 3.02. The standard InChI is InChI=1S/C15H23N3O.2ClH/c1-10-6-7-14(11(2)18-10)15(19)17-9-12-4-3-5-13(16)8-12;;/h6-7,12-13H,3-5,8-9,16H2,1-2H3,(H,17,19);2*1H. The van der Waals surface area contributed by atoms with E-state index in [0.717, 1.165) is 30.8 Å². The van der Waals surface area contributed by atoms with Gasteiger partial charge < -0.3 is 11.1 Å². The first kappa shape index (κ1) is 20.2. The second-order valence-corrected chi connectivity index (χ2v) is 5.59. The van der Waals surface area contributed by atoms with Crippen molar-refractivity contribution in [3.05, 3.63) is 29.1 Å². The third-order valence-electron chi connectivity index (χ3n) is 3.84. The Bertz CT molecular complexity index is 468. The molecule has 1 fully saturated rings. The van der Waals surface area contributed by atoms with Crippen molar-refractivity contribution in [1.29, 1.82) is 0 Å². The van der Waals surface area contributed by atoms with E-state index in [1.165, 1.54) is 12.8 Å². The highest BCUT2D eigenvalue weighted by Gasteiger charge is 2.20. The molecule has 1 saturated carbocycles. The molecule has 2 unspecified atom stereocenters. The molecule has 0 aromatic carbocycles. The molecule has 0 radical (unpaired) electrons. The van der Waals surface area contributed by atoms with E-state index in [0.29, 0.717) is 17.5 Å². The van der Waals surface area contributed by atoms with E-state index in [1.807, 2.05) is 26.0 Å². The predicted octanol–water partition coefficient (Wildman–Crippen LogP) is 2.79. The summed E-state index contributed by atoms with van der Waals surface area (Å²) in [4.78, 5) is 16.4. The van der Waals surface area contributed by atoms with Crippen LogP contribution in [0.3, 0.4) is 0 Å². The van der Waals surface area contributed by atoms with Crippen LogP contribution in [0.2, 0.25) is 0 Å². The van der Waals surface area contributed by atoms with Crippen LogP contribution in [-0.2, 0) is 0 Å². The Kier molecular flexibility index (Phi) is 8.86. The van der Waals surface area contributed by atoms with Crippen molar-refractivity contribution in [3.63, 3.8) is 0 Å². The summed E-state index contributed by atoms with van der Waals surface area (Å²) in [6.07, 6.45) is 4.47. The Balaban J connectivity index is 0.00000200. The van der Waals surface area contributed by atoms with Crippen LogP contribution in [0.1, 0.15) is 47.4 Å². The lowest BCUT2D eigenvalue weighted by atomic mass is 9.86. The molecule has 21 heavy (non-hydrogen) atoms. The molecule has 3 N–H and O–H groups in total. The summed E-state index contributed by atoms with van der Waals surface area (Å²) in [5.74, 6) is 0.496. The van der Waals surface area contributed by atoms with Crippen LogP contribution in [0.5, 0.6) is 0 Å². The number of aryl methyl sites for hydroxylation is 2. The molecule has 1 aromatic rings. The minimum Gasteiger partial charge on any atom is -0.352 e. The fraction of sp³-hybridized carbons (Fsp3) is 0.600. The predicted molar refractivity (Wildman–Crippen MR) is 90.5 cm³/mol. The Labute approximate surface area is 139 Å². The van der Waals surface area contributed by atoms with Crippen LogP contribution in [0, 0.1) is 19.8 Å². The molecule has 120 valence electrons. The van der Waals surface area contributed by atoms with Gasteiger partial charge in [0.2, 0.25) is 0 Å². The van der Waals surface area contributed by atoms with Crippen molar-refractivity contribution in [2.45, 2.75) is 45.6 Å². The quantitative estimate of drug-likeness (QED) is 0.893. The summed E-state index contributed by atoms with van der Waals surface area (Å²) in [5.41, 5.74) is 8.36. The van der Waals surface area contributed by atoms with E-state index in [4.69, 9.17) is 5.73 Å². The number of carbonyl (C=O) groups is 1. The number of carbonyl (C=O) groups excluding carboxylic acids is 1. The monoisotopic (exact) mass is 333 g/mol. The van der Waals surface area contributed by atoms with Gasteiger partial charge in [-0.3, -0.25) is 9.78 Å². The Morgan fingerprint density at radius 3 is 2.67 bits per heavy atom. The smallest absolute Gasteiger partial charge is 0.253 e. The second-order valence-electron chi connectivity index (χ2n) is 5.59. The molecule has 2 atom stereocenters. The van der Waals surface area contributed by atoms with Gasteiger partial charge in [0.1, 0.15) is 0 Å². The van der Waals surface area contributed by atoms with Gasteiger partial charge in [0.15, 0.2) is 0 Å². The van der Waals surface area contributed by atoms with Crippen LogP contribution in [0.15, 0.2) is 12.1 Å². The fourth-order valence-electron chi connectivity index (χ4n) is 2.78. The van der Waals surface area contributed by atoms with E-state index >= 15 is 0 Å². The summed E-state index contributed by atoms with van der Waals surface area (Å²) in [7, 11) is 0. The Morgan fingerprint density at radius 2 is 2.05 bits per heavy atom. The first-order chi connectivity index (χ1) is 9.06. The zero-order chi connectivity index (χ0) is 13.8. The molecule has 0 aliphatic heterocycles. The summed E-state index contributed by atoms with van der Waals surface area (Å²) in [6.45, 7) is 4.52. The van der Waals surface area contributed by atoms with Gasteiger partial charge in [0, 0.05) is 18.3 Å². The van der Waals surface area contributed by atoms with E-state index in [-0.39, 0.29) is 30.7 Å². The summed E-state index contributed by atoms with van der Waals surface area (Å²) >= 11 is 0. The fourth-order valence-corrected chi connectivity index (χ4v) is 2.78. The number of amides is 1. The molecule has 0 saturated heterocycles. The van der Waals surface area contributed by atoms with Gasteiger partial charge in [-0.15, -0.1) is 24.8 Å². The molecule has 1 aliphatic carbocycles. The largest absolute Gasteiger partial charge is 0.352 e. The van der Waals surface area contributed by atoms with Crippen LogP contribution in [0.25, 0.3) is 0 Å². The number of rotatable bonds is 3. The molecular weight excluding hydrogens is 309 g/mol. The average Bonchev–Trinajstić information content (AvgIpc) is 2.36. The number of nitrogens with zero attached hydrogens (tertiary/aromatic N) is 1. The molecule has 1 aliphatic rings. The lowest BCUT2D eigenvalue weighted by Crippen LogP contribution is -2.35. The van der Waals surface area contributed by atoms with E-state index in [9.17, 15) is 4.79 Å². The first-order valence-corrected chi connectivity index (χ1v) is 7.04. The molecule has 1 amide bonds. The van der Waals surface area contributed by atoms with Gasteiger partial charge in [-0.05, 0) is 51.2 Å². The molecular formula is C15H25Cl2N3O. The number of nitrogens with one attached hydrogen (secondary N) is 1. The number of pyridine rings is 1. The maximum Gasteiger partial charge on any atom is 0.253 e. The number of halogens is 2. The third kappa shape index (κ3) is 5.81. The van der Waals surface area contributed by atoms with Gasteiger partial charge in [-0.25, -0.2) is 0 Å². The molecule has 1 aromatic heterocycles. The number of hydrogen-bond donors (Lipinski definition) is 2. The summed E-state index contributed by atoms with van der Waals surface area (Å²) < 4.78 is 0. The normalized spacial score (nSPS) is 20.9. The second kappa shape index (κ2) is 9.23.